The van der Waals surface area contributed by atoms with E-state index in [1.165, 1.54) is 10.9 Å². The summed E-state index contributed by atoms with van der Waals surface area (Å²) in [5, 5.41) is 8.81. The Morgan fingerprint density at radius 1 is 0.952 bits per heavy atom. The van der Waals surface area contributed by atoms with E-state index in [2.05, 4.69) is 70.6 Å². The summed E-state index contributed by atoms with van der Waals surface area (Å²) in [5.41, 5.74) is 6.67. The second-order valence-corrected chi connectivity index (χ2v) is 5.28. The van der Waals surface area contributed by atoms with Crippen LogP contribution in [0.2, 0.25) is 0 Å². The number of hydrogen-bond donors (Lipinski definition) is 2. The highest BCUT2D eigenvalue weighted by molar-refractivity contribution is 5.95. The van der Waals surface area contributed by atoms with E-state index in [9.17, 15) is 0 Å². The van der Waals surface area contributed by atoms with Gasteiger partial charge in [-0.1, -0.05) is 42.0 Å². The number of H-pyrrole nitrogens is 2. The Labute approximate surface area is 122 Å². The number of nitrogens with one attached hydrogen (secondary N) is 2. The van der Waals surface area contributed by atoms with Crippen LogP contribution in [0.4, 0.5) is 0 Å². The van der Waals surface area contributed by atoms with E-state index in [1.54, 1.807) is 0 Å². The first-order valence-corrected chi connectivity index (χ1v) is 7.00. The summed E-state index contributed by atoms with van der Waals surface area (Å²) >= 11 is 0. The molecular formula is C18H15N3. The fourth-order valence-corrected chi connectivity index (χ4v) is 2.71. The van der Waals surface area contributed by atoms with Crippen molar-refractivity contribution in [2.24, 2.45) is 0 Å². The number of hydrogen-bond acceptors (Lipinski definition) is 1. The number of aromatic nitrogens is 3. The minimum Gasteiger partial charge on any atom is -0.360 e. The fraction of sp³-hybridized carbons (Fsp3) is 0.0556. The van der Waals surface area contributed by atoms with Crippen LogP contribution in [0.25, 0.3) is 33.4 Å². The molecule has 2 aromatic heterocycles. The van der Waals surface area contributed by atoms with Gasteiger partial charge in [-0.3, -0.25) is 5.10 Å². The molecule has 0 aliphatic carbocycles. The van der Waals surface area contributed by atoms with Crippen LogP contribution in [0.5, 0.6) is 0 Å². The van der Waals surface area contributed by atoms with Crippen molar-refractivity contribution < 1.29 is 0 Å². The summed E-state index contributed by atoms with van der Waals surface area (Å²) < 4.78 is 0. The standard InChI is InChI=1S/C18H15N3/c1-12-5-4-6-13(9-12)17-10-18(21-20-17)15-11-19-16-8-3-2-7-14(15)16/h2-11,19H,1H3,(H,20,21). The van der Waals surface area contributed by atoms with E-state index in [4.69, 9.17) is 0 Å². The van der Waals surface area contributed by atoms with Crippen molar-refractivity contribution >= 4 is 10.9 Å². The van der Waals surface area contributed by atoms with Crippen LogP contribution >= 0.6 is 0 Å². The molecular weight excluding hydrogens is 258 g/mol. The van der Waals surface area contributed by atoms with Crippen molar-refractivity contribution in [3.63, 3.8) is 0 Å². The number of nitrogens with zero attached hydrogens (tertiary/aromatic N) is 1. The van der Waals surface area contributed by atoms with Crippen molar-refractivity contribution in [2.45, 2.75) is 6.92 Å². The predicted molar refractivity (Wildman–Crippen MR) is 86.1 cm³/mol. The first kappa shape index (κ1) is 12.0. The predicted octanol–water partition coefficient (Wildman–Crippen LogP) is 4.53. The molecule has 0 atom stereocenters. The number of rotatable bonds is 2. The van der Waals surface area contributed by atoms with Gasteiger partial charge in [0.15, 0.2) is 0 Å². The van der Waals surface area contributed by atoms with Crippen molar-refractivity contribution in [1.29, 1.82) is 0 Å². The smallest absolute Gasteiger partial charge is 0.0927 e. The van der Waals surface area contributed by atoms with Gasteiger partial charge in [-0.25, -0.2) is 0 Å². The summed E-state index contributed by atoms with van der Waals surface area (Å²) in [6.07, 6.45) is 2.03. The molecule has 0 saturated carbocycles. The van der Waals surface area contributed by atoms with Crippen LogP contribution in [-0.2, 0) is 0 Å². The average molecular weight is 273 g/mol. The molecule has 4 aromatic rings. The van der Waals surface area contributed by atoms with E-state index < -0.39 is 0 Å². The van der Waals surface area contributed by atoms with E-state index in [-0.39, 0.29) is 0 Å². The lowest BCUT2D eigenvalue weighted by Crippen LogP contribution is -1.78. The molecule has 2 aromatic carbocycles. The molecule has 3 heteroatoms. The maximum Gasteiger partial charge on any atom is 0.0927 e. The Hall–Kier alpha value is -2.81. The molecule has 0 fully saturated rings. The first-order valence-electron chi connectivity index (χ1n) is 7.00. The van der Waals surface area contributed by atoms with Gasteiger partial charge in [0.05, 0.1) is 11.4 Å². The van der Waals surface area contributed by atoms with E-state index in [0.29, 0.717) is 0 Å². The van der Waals surface area contributed by atoms with Crippen LogP contribution < -0.4 is 0 Å². The molecule has 0 unspecified atom stereocenters. The minimum atomic E-state index is 0.971. The third-order valence-corrected chi connectivity index (χ3v) is 3.77. The van der Waals surface area contributed by atoms with Gasteiger partial charge in [-0.2, -0.15) is 5.10 Å². The molecule has 21 heavy (non-hydrogen) atoms. The SMILES string of the molecule is Cc1cccc(-c2cc(-c3c[nH]c4ccccc34)[nH]n2)c1. The highest BCUT2D eigenvalue weighted by atomic mass is 15.1. The Kier molecular flexibility index (Phi) is 2.64. The molecule has 0 bridgehead atoms. The molecule has 0 aliphatic rings. The Balaban J connectivity index is 1.81. The van der Waals surface area contributed by atoms with Gasteiger partial charge in [0, 0.05) is 28.2 Å². The van der Waals surface area contributed by atoms with Crippen LogP contribution in [0, 0.1) is 6.92 Å². The van der Waals surface area contributed by atoms with Gasteiger partial charge in [0.25, 0.3) is 0 Å². The summed E-state index contributed by atoms with van der Waals surface area (Å²) in [5.74, 6) is 0. The molecule has 102 valence electrons. The van der Waals surface area contributed by atoms with Gasteiger partial charge in [-0.05, 0) is 25.1 Å². The highest BCUT2D eigenvalue weighted by Crippen LogP contribution is 2.29. The molecule has 4 rings (SSSR count). The van der Waals surface area contributed by atoms with Crippen LogP contribution in [0.3, 0.4) is 0 Å². The van der Waals surface area contributed by atoms with E-state index >= 15 is 0 Å². The zero-order valence-corrected chi connectivity index (χ0v) is 11.7. The maximum absolute atomic E-state index is 4.45. The number of para-hydroxylation sites is 1. The van der Waals surface area contributed by atoms with Gasteiger partial charge in [0.1, 0.15) is 0 Å². The Morgan fingerprint density at radius 2 is 1.86 bits per heavy atom. The van der Waals surface area contributed by atoms with Crippen LogP contribution in [-0.4, -0.2) is 15.2 Å². The van der Waals surface area contributed by atoms with Crippen LogP contribution in [0.15, 0.2) is 60.8 Å². The van der Waals surface area contributed by atoms with Gasteiger partial charge < -0.3 is 4.98 Å². The summed E-state index contributed by atoms with van der Waals surface area (Å²) in [7, 11) is 0. The lowest BCUT2D eigenvalue weighted by molar-refractivity contribution is 1.10. The fourth-order valence-electron chi connectivity index (χ4n) is 2.71. The van der Waals surface area contributed by atoms with Crippen molar-refractivity contribution in [2.75, 3.05) is 0 Å². The minimum absolute atomic E-state index is 0.971. The molecule has 0 amide bonds. The zero-order chi connectivity index (χ0) is 14.2. The summed E-state index contributed by atoms with van der Waals surface area (Å²) in [6, 6.07) is 18.8. The van der Waals surface area contributed by atoms with Gasteiger partial charge in [-0.15, -0.1) is 0 Å². The van der Waals surface area contributed by atoms with Crippen molar-refractivity contribution in [3.05, 3.63) is 66.4 Å². The largest absolute Gasteiger partial charge is 0.360 e. The number of fused-ring (bicyclic) bond motifs is 1. The third kappa shape index (κ3) is 2.03. The van der Waals surface area contributed by atoms with Gasteiger partial charge in [0.2, 0.25) is 0 Å². The van der Waals surface area contributed by atoms with Crippen LogP contribution in [0.1, 0.15) is 5.56 Å². The lowest BCUT2D eigenvalue weighted by atomic mass is 10.1. The second kappa shape index (κ2) is 4.63. The quantitative estimate of drug-likeness (QED) is 0.553. The monoisotopic (exact) mass is 273 g/mol. The number of aromatic amines is 2. The maximum atomic E-state index is 4.45. The number of benzene rings is 2. The number of aryl methyl sites for hydroxylation is 1. The van der Waals surface area contributed by atoms with Crippen molar-refractivity contribution in [3.8, 4) is 22.5 Å². The second-order valence-electron chi connectivity index (χ2n) is 5.28. The van der Waals surface area contributed by atoms with E-state index in [0.717, 1.165) is 28.0 Å². The summed E-state index contributed by atoms with van der Waals surface area (Å²) in [6.45, 7) is 2.09. The van der Waals surface area contributed by atoms with Crippen molar-refractivity contribution in [1.82, 2.24) is 15.2 Å². The van der Waals surface area contributed by atoms with Gasteiger partial charge >= 0.3 is 0 Å². The lowest BCUT2D eigenvalue weighted by Gasteiger charge is -1.97. The van der Waals surface area contributed by atoms with E-state index in [1.807, 2.05) is 12.3 Å². The molecule has 3 nitrogen and oxygen atoms in total. The average Bonchev–Trinajstić information content (AvgIpc) is 3.14. The molecule has 0 radical (unpaired) electrons. The Bertz CT molecular complexity index is 915. The molecule has 2 heterocycles. The molecule has 0 saturated heterocycles. The molecule has 0 spiro atoms. The third-order valence-electron chi connectivity index (χ3n) is 3.77. The zero-order valence-electron chi connectivity index (χ0n) is 11.7. The topological polar surface area (TPSA) is 44.5 Å². The normalized spacial score (nSPS) is 11.1. The first-order chi connectivity index (χ1) is 10.3. The molecule has 0 aliphatic heterocycles. The Morgan fingerprint density at radius 3 is 2.76 bits per heavy atom. The summed E-state index contributed by atoms with van der Waals surface area (Å²) in [4.78, 5) is 3.30. The highest BCUT2D eigenvalue weighted by Gasteiger charge is 2.10. The molecule has 2 N–H and O–H groups in total.